The van der Waals surface area contributed by atoms with Crippen molar-refractivity contribution < 1.29 is 14.6 Å². The van der Waals surface area contributed by atoms with E-state index < -0.39 is 0 Å². The Kier molecular flexibility index (Phi) is 5.82. The van der Waals surface area contributed by atoms with Gasteiger partial charge >= 0.3 is 0 Å². The molecule has 4 rings (SSSR count). The monoisotopic (exact) mass is 431 g/mol. The van der Waals surface area contributed by atoms with Crippen LogP contribution in [0.25, 0.3) is 23.0 Å². The second-order valence-corrected chi connectivity index (χ2v) is 7.17. The van der Waals surface area contributed by atoms with Crippen molar-refractivity contribution >= 4 is 23.5 Å². The summed E-state index contributed by atoms with van der Waals surface area (Å²) in [6.45, 7) is 0. The Morgan fingerprint density at radius 2 is 1.94 bits per heavy atom. The fraction of sp³-hybridized carbons (Fsp3) is 0.0417. The molecule has 0 aliphatic rings. The van der Waals surface area contributed by atoms with E-state index in [4.69, 9.17) is 16.3 Å². The molecule has 154 valence electrons. The number of benzene rings is 3. The summed E-state index contributed by atoms with van der Waals surface area (Å²) >= 11 is 6.05. The molecule has 1 heterocycles. The van der Waals surface area contributed by atoms with Crippen molar-refractivity contribution in [1.29, 1.82) is 0 Å². The molecular weight excluding hydrogens is 414 g/mol. The van der Waals surface area contributed by atoms with Crippen molar-refractivity contribution in [3.05, 3.63) is 95.2 Å². The van der Waals surface area contributed by atoms with Crippen LogP contribution < -0.4 is 4.74 Å². The molecule has 0 bridgehead atoms. The Morgan fingerprint density at radius 1 is 1.10 bits per heavy atom. The summed E-state index contributed by atoms with van der Waals surface area (Å²) in [7, 11) is 1.47. The van der Waals surface area contributed by atoms with Crippen LogP contribution in [0.2, 0.25) is 5.02 Å². The van der Waals surface area contributed by atoms with Crippen molar-refractivity contribution in [2.75, 3.05) is 7.11 Å². The number of hydrogen-bond acceptors (Lipinski definition) is 5. The number of rotatable bonds is 6. The predicted molar refractivity (Wildman–Crippen MR) is 120 cm³/mol. The van der Waals surface area contributed by atoms with Crippen LogP contribution in [0.3, 0.4) is 0 Å². The Bertz CT molecular complexity index is 1280. The molecule has 4 aromatic rings. The molecule has 1 N–H and O–H groups in total. The molecule has 7 heteroatoms. The van der Waals surface area contributed by atoms with E-state index in [9.17, 15) is 9.90 Å². The third-order valence-electron chi connectivity index (χ3n) is 4.64. The molecule has 0 radical (unpaired) electrons. The highest BCUT2D eigenvalue weighted by Gasteiger charge is 2.09. The molecule has 0 aliphatic heterocycles. The molecule has 0 unspecified atom stereocenters. The second kappa shape index (κ2) is 8.85. The number of carbonyl (C=O) groups is 1. The number of carbonyl (C=O) groups excluding carboxylic acids is 1. The Labute approximate surface area is 184 Å². The minimum absolute atomic E-state index is 0.0450. The van der Waals surface area contributed by atoms with Gasteiger partial charge in [-0.15, -0.1) is 5.10 Å². The lowest BCUT2D eigenvalue weighted by Gasteiger charge is -2.04. The molecule has 0 fully saturated rings. The molecule has 0 saturated carbocycles. The molecule has 0 amide bonds. The average Bonchev–Trinajstić information content (AvgIpc) is 3.29. The van der Waals surface area contributed by atoms with Crippen LogP contribution in [0.15, 0.2) is 79.0 Å². The van der Waals surface area contributed by atoms with Crippen molar-refractivity contribution in [3.8, 4) is 28.4 Å². The third kappa shape index (κ3) is 4.65. The molecule has 0 atom stereocenters. The maximum absolute atomic E-state index is 12.7. The molecule has 31 heavy (non-hydrogen) atoms. The van der Waals surface area contributed by atoms with Crippen LogP contribution in [0, 0.1) is 0 Å². The van der Waals surface area contributed by atoms with Gasteiger partial charge in [-0.05, 0) is 48.0 Å². The van der Waals surface area contributed by atoms with Gasteiger partial charge in [0, 0.05) is 16.1 Å². The number of phenolic OH excluding ortho intramolecular Hbond substituents is 1. The van der Waals surface area contributed by atoms with Gasteiger partial charge in [-0.25, -0.2) is 4.68 Å². The van der Waals surface area contributed by atoms with Gasteiger partial charge in [0.25, 0.3) is 0 Å². The summed E-state index contributed by atoms with van der Waals surface area (Å²) in [5, 5.41) is 18.7. The lowest BCUT2D eigenvalue weighted by atomic mass is 10.1. The van der Waals surface area contributed by atoms with Crippen molar-refractivity contribution in [2.45, 2.75) is 0 Å². The van der Waals surface area contributed by atoms with E-state index in [0.29, 0.717) is 27.7 Å². The number of nitrogens with zero attached hydrogens (tertiary/aromatic N) is 3. The first-order valence-corrected chi connectivity index (χ1v) is 9.79. The van der Waals surface area contributed by atoms with E-state index >= 15 is 0 Å². The summed E-state index contributed by atoms with van der Waals surface area (Å²) in [6.07, 6.45) is 4.93. The zero-order valence-electron chi connectivity index (χ0n) is 16.6. The van der Waals surface area contributed by atoms with Gasteiger partial charge in [-0.1, -0.05) is 53.2 Å². The van der Waals surface area contributed by atoms with E-state index in [2.05, 4.69) is 10.3 Å². The number of aromatic nitrogens is 3. The van der Waals surface area contributed by atoms with Crippen LogP contribution in [0.4, 0.5) is 0 Å². The minimum atomic E-state index is -0.163. The van der Waals surface area contributed by atoms with Gasteiger partial charge in [0.2, 0.25) is 0 Å². The zero-order chi connectivity index (χ0) is 21.8. The number of halogens is 1. The molecule has 6 nitrogen and oxygen atoms in total. The summed E-state index contributed by atoms with van der Waals surface area (Å²) < 4.78 is 6.70. The lowest BCUT2D eigenvalue weighted by Crippen LogP contribution is -1.99. The molecular formula is C24H18ClN3O3. The topological polar surface area (TPSA) is 77.2 Å². The highest BCUT2D eigenvalue weighted by Crippen LogP contribution is 2.27. The quantitative estimate of drug-likeness (QED) is 0.335. The van der Waals surface area contributed by atoms with Gasteiger partial charge in [0.15, 0.2) is 17.3 Å². The number of phenols is 1. The van der Waals surface area contributed by atoms with Crippen molar-refractivity contribution in [3.63, 3.8) is 0 Å². The Morgan fingerprint density at radius 3 is 2.74 bits per heavy atom. The number of aromatic hydroxyl groups is 1. The Hall–Kier alpha value is -3.90. The zero-order valence-corrected chi connectivity index (χ0v) is 17.3. The fourth-order valence-corrected chi connectivity index (χ4v) is 3.23. The molecule has 0 aliphatic carbocycles. The van der Waals surface area contributed by atoms with Crippen LogP contribution in [0.5, 0.6) is 11.5 Å². The maximum Gasteiger partial charge on any atom is 0.185 e. The van der Waals surface area contributed by atoms with Crippen molar-refractivity contribution in [2.24, 2.45) is 0 Å². The first kappa shape index (κ1) is 20.4. The van der Waals surface area contributed by atoms with E-state index in [1.54, 1.807) is 53.4 Å². The minimum Gasteiger partial charge on any atom is -0.504 e. The molecule has 3 aromatic carbocycles. The van der Waals surface area contributed by atoms with Crippen LogP contribution >= 0.6 is 11.6 Å². The van der Waals surface area contributed by atoms with E-state index in [1.807, 2.05) is 24.3 Å². The Balaban J connectivity index is 1.55. The van der Waals surface area contributed by atoms with Gasteiger partial charge in [0.1, 0.15) is 5.69 Å². The van der Waals surface area contributed by atoms with Gasteiger partial charge in [-0.2, -0.15) is 0 Å². The molecule has 0 spiro atoms. The standard InChI is InChI=1S/C24H18ClN3O3/c1-31-24-12-16(9-11-23(24)30)8-10-22(29)18-5-3-7-20(14-18)28-15-21(26-27-28)17-4-2-6-19(25)13-17/h2-15,30H,1H3/b10-8+. The molecule has 0 saturated heterocycles. The van der Waals surface area contributed by atoms with Gasteiger partial charge in [0.05, 0.1) is 19.0 Å². The van der Waals surface area contributed by atoms with E-state index in [1.165, 1.54) is 19.3 Å². The number of methoxy groups -OCH3 is 1. The lowest BCUT2D eigenvalue weighted by molar-refractivity contribution is 0.104. The summed E-state index contributed by atoms with van der Waals surface area (Å²) in [6, 6.07) is 19.4. The summed E-state index contributed by atoms with van der Waals surface area (Å²) in [5.74, 6) is 0.228. The summed E-state index contributed by atoms with van der Waals surface area (Å²) in [5.41, 5.74) is 3.51. The SMILES string of the molecule is COc1cc(/C=C/C(=O)c2cccc(-n3cc(-c4cccc(Cl)c4)nn3)c2)ccc1O. The normalized spacial score (nSPS) is 11.0. The number of ether oxygens (including phenoxy) is 1. The van der Waals surface area contributed by atoms with Crippen LogP contribution in [-0.4, -0.2) is 33.0 Å². The first-order chi connectivity index (χ1) is 15.0. The predicted octanol–water partition coefficient (Wildman–Crippen LogP) is 5.20. The fourth-order valence-electron chi connectivity index (χ4n) is 3.04. The first-order valence-electron chi connectivity index (χ1n) is 9.41. The molecule has 1 aromatic heterocycles. The smallest absolute Gasteiger partial charge is 0.185 e. The maximum atomic E-state index is 12.7. The second-order valence-electron chi connectivity index (χ2n) is 6.74. The largest absolute Gasteiger partial charge is 0.504 e. The van der Waals surface area contributed by atoms with Crippen molar-refractivity contribution in [1.82, 2.24) is 15.0 Å². The average molecular weight is 432 g/mol. The van der Waals surface area contributed by atoms with E-state index in [0.717, 1.165) is 11.1 Å². The van der Waals surface area contributed by atoms with Crippen LogP contribution in [-0.2, 0) is 0 Å². The highest BCUT2D eigenvalue weighted by atomic mass is 35.5. The van der Waals surface area contributed by atoms with Gasteiger partial charge < -0.3 is 9.84 Å². The summed E-state index contributed by atoms with van der Waals surface area (Å²) in [4.78, 5) is 12.7. The number of ketones is 1. The third-order valence-corrected chi connectivity index (χ3v) is 4.88. The number of hydrogen-bond donors (Lipinski definition) is 1. The highest BCUT2D eigenvalue weighted by molar-refractivity contribution is 6.30. The van der Waals surface area contributed by atoms with Crippen LogP contribution in [0.1, 0.15) is 15.9 Å². The van der Waals surface area contributed by atoms with Gasteiger partial charge in [-0.3, -0.25) is 4.79 Å². The van der Waals surface area contributed by atoms with E-state index in [-0.39, 0.29) is 11.5 Å². The number of allylic oxidation sites excluding steroid dienone is 1.